The number of nitrogens with zero attached hydrogens (tertiary/aromatic N) is 1. The highest BCUT2D eigenvalue weighted by atomic mass is 16.5. The Bertz CT molecular complexity index is 663. The van der Waals surface area contributed by atoms with Crippen LogP contribution in [0, 0.1) is 5.92 Å². The van der Waals surface area contributed by atoms with Crippen molar-refractivity contribution in [2.24, 2.45) is 5.92 Å². The molecule has 1 fully saturated rings. The van der Waals surface area contributed by atoms with E-state index in [0.29, 0.717) is 48.7 Å². The number of ether oxygens (including phenoxy) is 3. The standard InChI is InChI=1S/C20H30N2O5/c1-20(2,3)21-18(23)13-7-9-22(10-8-13)19(24)14-11-15(25-4)17(27-6)16(12-14)26-5/h11-13H,7-10H2,1-6H3,(H,21,23). The summed E-state index contributed by atoms with van der Waals surface area (Å²) in [6.07, 6.45) is 1.30. The molecule has 27 heavy (non-hydrogen) atoms. The molecule has 0 aliphatic carbocycles. The molecule has 0 spiro atoms. The van der Waals surface area contributed by atoms with E-state index in [9.17, 15) is 9.59 Å². The molecule has 150 valence electrons. The molecule has 0 unspecified atom stereocenters. The quantitative estimate of drug-likeness (QED) is 0.852. The minimum Gasteiger partial charge on any atom is -0.493 e. The van der Waals surface area contributed by atoms with Gasteiger partial charge in [-0.2, -0.15) is 0 Å². The predicted octanol–water partition coefficient (Wildman–Crippen LogP) is 2.48. The van der Waals surface area contributed by atoms with E-state index < -0.39 is 0 Å². The predicted molar refractivity (Wildman–Crippen MR) is 103 cm³/mol. The lowest BCUT2D eigenvalue weighted by molar-refractivity contribution is -0.127. The fourth-order valence-electron chi connectivity index (χ4n) is 3.20. The number of piperidine rings is 1. The van der Waals surface area contributed by atoms with Gasteiger partial charge in [-0.15, -0.1) is 0 Å². The van der Waals surface area contributed by atoms with Crippen LogP contribution in [-0.2, 0) is 4.79 Å². The highest BCUT2D eigenvalue weighted by Crippen LogP contribution is 2.38. The smallest absolute Gasteiger partial charge is 0.254 e. The number of nitrogens with one attached hydrogen (secondary N) is 1. The second-order valence-corrected chi connectivity index (χ2v) is 7.72. The van der Waals surface area contributed by atoms with E-state index >= 15 is 0 Å². The lowest BCUT2D eigenvalue weighted by atomic mass is 9.94. The molecule has 1 aliphatic rings. The summed E-state index contributed by atoms with van der Waals surface area (Å²) in [5.41, 5.74) is 0.224. The largest absolute Gasteiger partial charge is 0.493 e. The van der Waals surface area contributed by atoms with Gasteiger partial charge in [0.05, 0.1) is 21.3 Å². The van der Waals surface area contributed by atoms with Crippen LogP contribution in [-0.4, -0.2) is 56.7 Å². The van der Waals surface area contributed by atoms with Gasteiger partial charge in [0, 0.05) is 30.1 Å². The van der Waals surface area contributed by atoms with Gasteiger partial charge in [-0.1, -0.05) is 0 Å². The van der Waals surface area contributed by atoms with Gasteiger partial charge in [0.1, 0.15) is 0 Å². The maximum absolute atomic E-state index is 12.9. The molecule has 1 aliphatic heterocycles. The molecule has 1 saturated heterocycles. The van der Waals surface area contributed by atoms with Crippen molar-refractivity contribution in [3.63, 3.8) is 0 Å². The van der Waals surface area contributed by atoms with Crippen molar-refractivity contribution >= 4 is 11.8 Å². The Morgan fingerprint density at radius 2 is 1.52 bits per heavy atom. The van der Waals surface area contributed by atoms with Crippen LogP contribution in [0.15, 0.2) is 12.1 Å². The molecule has 1 aromatic carbocycles. The highest BCUT2D eigenvalue weighted by molar-refractivity contribution is 5.96. The molecule has 1 aromatic rings. The van der Waals surface area contributed by atoms with Crippen LogP contribution < -0.4 is 19.5 Å². The van der Waals surface area contributed by atoms with Crippen molar-refractivity contribution in [1.82, 2.24) is 10.2 Å². The van der Waals surface area contributed by atoms with Crippen molar-refractivity contribution in [1.29, 1.82) is 0 Å². The normalized spacial score (nSPS) is 15.3. The van der Waals surface area contributed by atoms with Crippen LogP contribution in [0.1, 0.15) is 44.0 Å². The summed E-state index contributed by atoms with van der Waals surface area (Å²) in [5, 5.41) is 3.02. The van der Waals surface area contributed by atoms with E-state index in [-0.39, 0.29) is 23.3 Å². The number of methoxy groups -OCH3 is 3. The zero-order chi connectivity index (χ0) is 20.2. The van der Waals surface area contributed by atoms with Crippen molar-refractivity contribution in [2.45, 2.75) is 39.2 Å². The minimum absolute atomic E-state index is 0.0578. The average molecular weight is 378 g/mol. The summed E-state index contributed by atoms with van der Waals surface area (Å²) < 4.78 is 15.9. The molecule has 0 aromatic heterocycles. The first-order valence-electron chi connectivity index (χ1n) is 9.11. The second-order valence-electron chi connectivity index (χ2n) is 7.72. The molecule has 0 atom stereocenters. The number of hydrogen-bond donors (Lipinski definition) is 1. The van der Waals surface area contributed by atoms with Gasteiger partial charge in [-0.05, 0) is 45.7 Å². The number of amides is 2. The van der Waals surface area contributed by atoms with Gasteiger partial charge in [0.2, 0.25) is 11.7 Å². The first kappa shape index (κ1) is 20.9. The van der Waals surface area contributed by atoms with E-state index in [1.165, 1.54) is 21.3 Å². The second kappa shape index (κ2) is 8.50. The molecule has 0 saturated carbocycles. The van der Waals surface area contributed by atoms with Gasteiger partial charge in [0.15, 0.2) is 11.5 Å². The third kappa shape index (κ3) is 5.05. The molecule has 0 bridgehead atoms. The monoisotopic (exact) mass is 378 g/mol. The van der Waals surface area contributed by atoms with Gasteiger partial charge in [-0.3, -0.25) is 9.59 Å². The fraction of sp³-hybridized carbons (Fsp3) is 0.600. The first-order valence-corrected chi connectivity index (χ1v) is 9.11. The Kier molecular flexibility index (Phi) is 6.57. The van der Waals surface area contributed by atoms with Crippen LogP contribution in [0.3, 0.4) is 0 Å². The topological polar surface area (TPSA) is 77.1 Å². The summed E-state index contributed by atoms with van der Waals surface area (Å²) in [7, 11) is 4.56. The lowest BCUT2D eigenvalue weighted by Gasteiger charge is -2.33. The summed E-state index contributed by atoms with van der Waals surface area (Å²) in [6, 6.07) is 3.31. The summed E-state index contributed by atoms with van der Waals surface area (Å²) in [4.78, 5) is 27.0. The molecule has 7 nitrogen and oxygen atoms in total. The Morgan fingerprint density at radius 1 is 1.00 bits per heavy atom. The van der Waals surface area contributed by atoms with E-state index in [4.69, 9.17) is 14.2 Å². The van der Waals surface area contributed by atoms with Crippen LogP contribution in [0.5, 0.6) is 17.2 Å². The van der Waals surface area contributed by atoms with Crippen molar-refractivity contribution in [2.75, 3.05) is 34.4 Å². The minimum atomic E-state index is -0.250. The van der Waals surface area contributed by atoms with E-state index in [1.807, 2.05) is 20.8 Å². The molecular formula is C20H30N2O5. The Hall–Kier alpha value is -2.44. The fourth-order valence-corrected chi connectivity index (χ4v) is 3.20. The number of benzene rings is 1. The average Bonchev–Trinajstić information content (AvgIpc) is 2.64. The van der Waals surface area contributed by atoms with Gasteiger partial charge < -0.3 is 24.4 Å². The number of hydrogen-bond acceptors (Lipinski definition) is 5. The molecule has 2 amide bonds. The van der Waals surface area contributed by atoms with Gasteiger partial charge >= 0.3 is 0 Å². The zero-order valence-corrected chi connectivity index (χ0v) is 17.0. The SMILES string of the molecule is COc1cc(C(=O)N2CCC(C(=O)NC(C)(C)C)CC2)cc(OC)c1OC. The molecular weight excluding hydrogens is 348 g/mol. The maximum Gasteiger partial charge on any atom is 0.254 e. The van der Waals surface area contributed by atoms with Gasteiger partial charge in [-0.25, -0.2) is 0 Å². The molecule has 2 rings (SSSR count). The summed E-state index contributed by atoms with van der Waals surface area (Å²) in [5.74, 6) is 1.23. The molecule has 7 heteroatoms. The zero-order valence-electron chi connectivity index (χ0n) is 17.0. The van der Waals surface area contributed by atoms with Crippen LogP contribution >= 0.6 is 0 Å². The first-order chi connectivity index (χ1) is 12.7. The number of likely N-dealkylation sites (tertiary alicyclic amines) is 1. The number of carbonyl (C=O) groups excluding carboxylic acids is 2. The molecule has 0 radical (unpaired) electrons. The lowest BCUT2D eigenvalue weighted by Crippen LogP contribution is -2.47. The molecule has 1 N–H and O–H groups in total. The number of carbonyl (C=O) groups is 2. The Labute approximate surface area is 161 Å². The van der Waals surface area contributed by atoms with Crippen LogP contribution in [0.25, 0.3) is 0 Å². The number of rotatable bonds is 5. The maximum atomic E-state index is 12.9. The summed E-state index contributed by atoms with van der Waals surface area (Å²) >= 11 is 0. The van der Waals surface area contributed by atoms with Crippen LogP contribution in [0.4, 0.5) is 0 Å². The van der Waals surface area contributed by atoms with Crippen molar-refractivity contribution in [3.8, 4) is 17.2 Å². The summed E-state index contributed by atoms with van der Waals surface area (Å²) in [6.45, 7) is 6.98. The van der Waals surface area contributed by atoms with E-state index in [1.54, 1.807) is 17.0 Å². The molecule has 1 heterocycles. The highest BCUT2D eigenvalue weighted by Gasteiger charge is 2.30. The van der Waals surface area contributed by atoms with Crippen molar-refractivity contribution < 1.29 is 23.8 Å². The van der Waals surface area contributed by atoms with Crippen LogP contribution in [0.2, 0.25) is 0 Å². The third-order valence-electron chi connectivity index (χ3n) is 4.56. The van der Waals surface area contributed by atoms with E-state index in [0.717, 1.165) is 0 Å². The van der Waals surface area contributed by atoms with Crippen molar-refractivity contribution in [3.05, 3.63) is 17.7 Å². The van der Waals surface area contributed by atoms with E-state index in [2.05, 4.69) is 5.32 Å². The Morgan fingerprint density at radius 3 is 1.93 bits per heavy atom. The Balaban J connectivity index is 2.09. The third-order valence-corrected chi connectivity index (χ3v) is 4.56. The van der Waals surface area contributed by atoms with Gasteiger partial charge in [0.25, 0.3) is 5.91 Å².